The third-order valence-electron chi connectivity index (χ3n) is 3.35. The number of rotatable bonds is 3. The number of nitrogens with one attached hydrogen (secondary N) is 1. The number of methoxy groups -OCH3 is 1. The van der Waals surface area contributed by atoms with Crippen LogP contribution in [0.1, 0.15) is 22.8 Å². The van der Waals surface area contributed by atoms with Gasteiger partial charge in [0.05, 0.1) is 6.61 Å². The zero-order valence-corrected chi connectivity index (χ0v) is 11.3. The Hall–Kier alpha value is -1.46. The van der Waals surface area contributed by atoms with Gasteiger partial charge in [-0.25, -0.2) is 4.39 Å². The van der Waals surface area contributed by atoms with E-state index in [1.54, 1.807) is 6.07 Å². The van der Waals surface area contributed by atoms with Gasteiger partial charge < -0.3 is 15.0 Å². The molecule has 1 atom stereocenters. The van der Waals surface area contributed by atoms with Crippen LogP contribution in [0.3, 0.4) is 0 Å². The van der Waals surface area contributed by atoms with E-state index in [9.17, 15) is 9.18 Å². The highest BCUT2D eigenvalue weighted by molar-refractivity contribution is 5.94. The largest absolute Gasteiger partial charge is 0.380 e. The molecule has 104 valence electrons. The Morgan fingerprint density at radius 2 is 2.37 bits per heavy atom. The van der Waals surface area contributed by atoms with Gasteiger partial charge in [0.1, 0.15) is 5.82 Å². The molecule has 1 aliphatic rings. The van der Waals surface area contributed by atoms with E-state index < -0.39 is 0 Å². The molecule has 2 rings (SSSR count). The Labute approximate surface area is 112 Å². The summed E-state index contributed by atoms with van der Waals surface area (Å²) < 4.78 is 18.5. The molecule has 0 bridgehead atoms. The summed E-state index contributed by atoms with van der Waals surface area (Å²) in [6.45, 7) is 4.44. The molecular weight excluding hydrogens is 247 g/mol. The maximum Gasteiger partial charge on any atom is 0.254 e. The number of carbonyl (C=O) groups excluding carboxylic acids is 1. The van der Waals surface area contributed by atoms with E-state index in [1.807, 2.05) is 11.8 Å². The van der Waals surface area contributed by atoms with Crippen molar-refractivity contribution in [1.82, 2.24) is 10.2 Å². The van der Waals surface area contributed by atoms with Crippen molar-refractivity contribution in [1.29, 1.82) is 0 Å². The number of benzene rings is 1. The average Bonchev–Trinajstić information content (AvgIpc) is 2.41. The van der Waals surface area contributed by atoms with Gasteiger partial charge in [0.2, 0.25) is 0 Å². The van der Waals surface area contributed by atoms with E-state index in [2.05, 4.69) is 5.32 Å². The number of ether oxygens (including phenoxy) is 1. The van der Waals surface area contributed by atoms with Crippen LogP contribution in [0, 0.1) is 5.82 Å². The van der Waals surface area contributed by atoms with Crippen LogP contribution >= 0.6 is 0 Å². The first-order chi connectivity index (χ1) is 9.13. The molecule has 19 heavy (non-hydrogen) atoms. The zero-order chi connectivity index (χ0) is 13.8. The van der Waals surface area contributed by atoms with Gasteiger partial charge in [-0.3, -0.25) is 4.79 Å². The summed E-state index contributed by atoms with van der Waals surface area (Å²) in [5, 5.41) is 3.24. The number of carbonyl (C=O) groups is 1. The summed E-state index contributed by atoms with van der Waals surface area (Å²) in [7, 11) is 1.51. The van der Waals surface area contributed by atoms with Gasteiger partial charge in [-0.15, -0.1) is 0 Å². The molecule has 1 aromatic carbocycles. The van der Waals surface area contributed by atoms with Gasteiger partial charge in [0, 0.05) is 43.9 Å². The molecule has 0 radical (unpaired) electrons. The molecule has 0 unspecified atom stereocenters. The van der Waals surface area contributed by atoms with Crippen LogP contribution in [0.25, 0.3) is 0 Å². The highest BCUT2D eigenvalue weighted by Crippen LogP contribution is 2.15. The SMILES string of the molecule is COCc1cc(C(=O)N2CCNC[C@@H]2C)ccc1F. The minimum atomic E-state index is -0.341. The van der Waals surface area contributed by atoms with E-state index in [0.717, 1.165) is 13.1 Å². The summed E-state index contributed by atoms with van der Waals surface area (Å²) in [6, 6.07) is 4.59. The maximum absolute atomic E-state index is 13.5. The van der Waals surface area contributed by atoms with E-state index in [1.165, 1.54) is 19.2 Å². The van der Waals surface area contributed by atoms with Gasteiger partial charge in [0.15, 0.2) is 0 Å². The standard InChI is InChI=1S/C14H19FN2O2/c1-10-8-16-5-6-17(10)14(18)11-3-4-13(15)12(7-11)9-19-2/h3-4,7,10,16H,5-6,8-9H2,1-2H3/t10-/m0/s1. The fraction of sp³-hybridized carbons (Fsp3) is 0.500. The predicted octanol–water partition coefficient (Wildman–Crippen LogP) is 1.41. The Kier molecular flexibility index (Phi) is 4.50. The molecule has 4 nitrogen and oxygen atoms in total. The minimum Gasteiger partial charge on any atom is -0.380 e. The first-order valence-electron chi connectivity index (χ1n) is 6.42. The van der Waals surface area contributed by atoms with Crippen LogP contribution < -0.4 is 5.32 Å². The molecule has 1 heterocycles. The summed E-state index contributed by atoms with van der Waals surface area (Å²) >= 11 is 0. The van der Waals surface area contributed by atoms with Crippen LogP contribution in [0.15, 0.2) is 18.2 Å². The monoisotopic (exact) mass is 266 g/mol. The quantitative estimate of drug-likeness (QED) is 0.899. The predicted molar refractivity (Wildman–Crippen MR) is 70.5 cm³/mol. The molecule has 5 heteroatoms. The van der Waals surface area contributed by atoms with Gasteiger partial charge >= 0.3 is 0 Å². The second-order valence-corrected chi connectivity index (χ2v) is 4.79. The van der Waals surface area contributed by atoms with Crippen LogP contribution in [0.4, 0.5) is 4.39 Å². The Balaban J connectivity index is 2.20. The second-order valence-electron chi connectivity index (χ2n) is 4.79. The number of halogens is 1. The van der Waals surface area contributed by atoms with Crippen molar-refractivity contribution in [3.8, 4) is 0 Å². The maximum atomic E-state index is 13.5. The Morgan fingerprint density at radius 3 is 3.05 bits per heavy atom. The lowest BCUT2D eigenvalue weighted by Gasteiger charge is -2.34. The van der Waals surface area contributed by atoms with E-state index in [0.29, 0.717) is 17.7 Å². The third-order valence-corrected chi connectivity index (χ3v) is 3.35. The Bertz CT molecular complexity index is 465. The summed E-state index contributed by atoms with van der Waals surface area (Å²) in [4.78, 5) is 14.2. The van der Waals surface area contributed by atoms with E-state index >= 15 is 0 Å². The topological polar surface area (TPSA) is 41.6 Å². The summed E-state index contributed by atoms with van der Waals surface area (Å²) in [5.41, 5.74) is 0.929. The van der Waals surface area contributed by atoms with Gasteiger partial charge in [-0.05, 0) is 25.1 Å². The molecule has 1 aliphatic heterocycles. The van der Waals surface area contributed by atoms with Crippen LogP contribution in [-0.2, 0) is 11.3 Å². The number of hydrogen-bond donors (Lipinski definition) is 1. The lowest BCUT2D eigenvalue weighted by molar-refractivity contribution is 0.0655. The fourth-order valence-electron chi connectivity index (χ4n) is 2.28. The van der Waals surface area contributed by atoms with Crippen molar-refractivity contribution in [3.63, 3.8) is 0 Å². The molecule has 0 aliphatic carbocycles. The smallest absolute Gasteiger partial charge is 0.254 e. The average molecular weight is 266 g/mol. The van der Waals surface area contributed by atoms with Crippen LogP contribution in [0.2, 0.25) is 0 Å². The first-order valence-corrected chi connectivity index (χ1v) is 6.42. The zero-order valence-electron chi connectivity index (χ0n) is 11.3. The molecule has 1 aromatic rings. The van der Waals surface area contributed by atoms with Crippen molar-refractivity contribution in [2.45, 2.75) is 19.6 Å². The molecule has 1 saturated heterocycles. The van der Waals surface area contributed by atoms with Crippen molar-refractivity contribution in [2.75, 3.05) is 26.7 Å². The summed E-state index contributed by atoms with van der Waals surface area (Å²) in [6.07, 6.45) is 0. The van der Waals surface area contributed by atoms with Crippen molar-refractivity contribution < 1.29 is 13.9 Å². The normalized spacial score (nSPS) is 19.5. The fourth-order valence-corrected chi connectivity index (χ4v) is 2.28. The minimum absolute atomic E-state index is 0.0497. The molecule has 1 fully saturated rings. The molecular formula is C14H19FN2O2. The van der Waals surface area contributed by atoms with Crippen LogP contribution in [-0.4, -0.2) is 43.6 Å². The number of nitrogens with zero attached hydrogens (tertiary/aromatic N) is 1. The second kappa shape index (κ2) is 6.12. The third kappa shape index (κ3) is 3.11. The number of piperazine rings is 1. The van der Waals surface area contributed by atoms with Crippen LogP contribution in [0.5, 0.6) is 0 Å². The van der Waals surface area contributed by atoms with E-state index in [4.69, 9.17) is 4.74 Å². The van der Waals surface area contributed by atoms with Gasteiger partial charge in [0.25, 0.3) is 5.91 Å². The Morgan fingerprint density at radius 1 is 1.58 bits per heavy atom. The van der Waals surface area contributed by atoms with Gasteiger partial charge in [-0.1, -0.05) is 0 Å². The molecule has 1 amide bonds. The molecule has 0 aromatic heterocycles. The highest BCUT2D eigenvalue weighted by Gasteiger charge is 2.24. The number of amides is 1. The lowest BCUT2D eigenvalue weighted by Crippen LogP contribution is -2.52. The lowest BCUT2D eigenvalue weighted by atomic mass is 10.1. The summed E-state index contributed by atoms with van der Waals surface area (Å²) in [5.74, 6) is -0.391. The highest BCUT2D eigenvalue weighted by atomic mass is 19.1. The molecule has 0 saturated carbocycles. The van der Waals surface area contributed by atoms with Crippen molar-refractivity contribution in [2.24, 2.45) is 0 Å². The van der Waals surface area contributed by atoms with Crippen molar-refractivity contribution in [3.05, 3.63) is 35.1 Å². The van der Waals surface area contributed by atoms with E-state index in [-0.39, 0.29) is 24.4 Å². The number of hydrogen-bond acceptors (Lipinski definition) is 3. The first kappa shape index (κ1) is 14.0. The molecule has 1 N–H and O–H groups in total. The van der Waals surface area contributed by atoms with Crippen molar-refractivity contribution >= 4 is 5.91 Å². The molecule has 0 spiro atoms. The van der Waals surface area contributed by atoms with Gasteiger partial charge in [-0.2, -0.15) is 0 Å².